The quantitative estimate of drug-likeness (QED) is 0.400. The van der Waals surface area contributed by atoms with Gasteiger partial charge in [-0.1, -0.05) is 0 Å². The fraction of sp³-hybridized carbons (Fsp3) is 0.800. The van der Waals surface area contributed by atoms with Gasteiger partial charge in [-0.2, -0.15) is 11.8 Å². The first-order valence-corrected chi connectivity index (χ1v) is 3.63. The fourth-order valence-corrected chi connectivity index (χ4v) is 0.706. The Balaban J connectivity index is 2.60. The van der Waals surface area contributed by atoms with Crippen molar-refractivity contribution in [2.75, 3.05) is 18.6 Å². The van der Waals surface area contributed by atoms with Crippen LogP contribution in [0.4, 0.5) is 0 Å². The minimum absolute atomic E-state index is 0.695. The molecule has 0 aromatic rings. The summed E-state index contributed by atoms with van der Waals surface area (Å²) in [6.07, 6.45) is 3.11. The smallest absolute Gasteiger partial charge is 0.215 e. The van der Waals surface area contributed by atoms with E-state index in [1.807, 2.05) is 0 Å². The predicted octanol–water partition coefficient (Wildman–Crippen LogP) is 1.66. The molecule has 0 aliphatic heterocycles. The summed E-state index contributed by atoms with van der Waals surface area (Å²) in [7, 11) is 0. The largest absolute Gasteiger partial charge is 0.317 e. The molecular weight excluding hydrogens is 106 g/mol. The van der Waals surface area contributed by atoms with Crippen molar-refractivity contribution in [3.63, 3.8) is 0 Å². The third kappa shape index (κ3) is 5.84. The van der Waals surface area contributed by atoms with Crippen molar-refractivity contribution in [2.45, 2.75) is 6.42 Å². The molecule has 0 N–H and O–H groups in total. The van der Waals surface area contributed by atoms with Crippen LogP contribution in [-0.4, -0.2) is 18.6 Å². The van der Waals surface area contributed by atoms with E-state index in [1.54, 1.807) is 11.8 Å². The second kappa shape index (κ2) is 5.84. The predicted molar refractivity (Wildman–Crippen MR) is 34.5 cm³/mol. The fourth-order valence-electron chi connectivity index (χ4n) is 0.288. The van der Waals surface area contributed by atoms with Gasteiger partial charge < -0.3 is 4.85 Å². The van der Waals surface area contributed by atoms with Crippen molar-refractivity contribution in [1.82, 2.24) is 0 Å². The monoisotopic (exact) mass is 115 g/mol. The van der Waals surface area contributed by atoms with Crippen molar-refractivity contribution >= 4 is 11.8 Å². The summed E-state index contributed by atoms with van der Waals surface area (Å²) in [5.41, 5.74) is 0. The molecule has 40 valence electrons. The zero-order chi connectivity index (χ0) is 5.54. The van der Waals surface area contributed by atoms with Gasteiger partial charge in [-0.3, -0.25) is 0 Å². The molecule has 0 fully saturated rings. The molecule has 0 saturated heterocycles. The lowest BCUT2D eigenvalue weighted by Crippen LogP contribution is -1.78. The third-order valence-corrected chi connectivity index (χ3v) is 1.32. The normalized spacial score (nSPS) is 8.00. The van der Waals surface area contributed by atoms with Gasteiger partial charge >= 0.3 is 0 Å². The molecule has 2 heteroatoms. The molecule has 0 aromatic heterocycles. The Morgan fingerprint density at radius 3 is 2.86 bits per heavy atom. The molecule has 7 heavy (non-hydrogen) atoms. The van der Waals surface area contributed by atoms with Crippen molar-refractivity contribution in [3.8, 4) is 0 Å². The Morgan fingerprint density at radius 2 is 2.43 bits per heavy atom. The number of hydrogen-bond donors (Lipinski definition) is 0. The molecule has 0 radical (unpaired) electrons. The van der Waals surface area contributed by atoms with E-state index in [9.17, 15) is 0 Å². The maximum absolute atomic E-state index is 6.40. The van der Waals surface area contributed by atoms with E-state index in [2.05, 4.69) is 11.1 Å². The third-order valence-electron chi connectivity index (χ3n) is 0.618. The highest BCUT2D eigenvalue weighted by Gasteiger charge is 1.82. The molecule has 0 aromatic carbocycles. The molecule has 0 amide bonds. The molecular formula is C5H9NS. The van der Waals surface area contributed by atoms with Crippen LogP contribution in [0.5, 0.6) is 0 Å². The summed E-state index contributed by atoms with van der Waals surface area (Å²) in [6.45, 7) is 7.09. The van der Waals surface area contributed by atoms with E-state index >= 15 is 0 Å². The van der Waals surface area contributed by atoms with Crippen LogP contribution in [0.15, 0.2) is 0 Å². The van der Waals surface area contributed by atoms with E-state index in [-0.39, 0.29) is 0 Å². The Hall–Kier alpha value is -0.160. The van der Waals surface area contributed by atoms with Crippen molar-refractivity contribution < 1.29 is 0 Å². The van der Waals surface area contributed by atoms with Gasteiger partial charge in [0.05, 0.1) is 0 Å². The van der Waals surface area contributed by atoms with E-state index in [1.165, 1.54) is 0 Å². The van der Waals surface area contributed by atoms with Gasteiger partial charge in [0, 0.05) is 12.2 Å². The summed E-state index contributed by atoms with van der Waals surface area (Å²) in [5.74, 6) is 1.13. The molecule has 1 nitrogen and oxygen atoms in total. The molecule has 0 atom stereocenters. The number of nitrogens with zero attached hydrogens (tertiary/aromatic N) is 1. The minimum Gasteiger partial charge on any atom is -0.317 e. The van der Waals surface area contributed by atoms with Crippen LogP contribution in [-0.2, 0) is 0 Å². The lowest BCUT2D eigenvalue weighted by molar-refractivity contribution is 1.05. The van der Waals surface area contributed by atoms with Gasteiger partial charge in [0.1, 0.15) is 0 Å². The Bertz CT molecular complexity index is 65.0. The van der Waals surface area contributed by atoms with Gasteiger partial charge in [-0.05, 0) is 6.26 Å². The molecule has 0 aliphatic rings. The maximum Gasteiger partial charge on any atom is 0.215 e. The van der Waals surface area contributed by atoms with Crippen LogP contribution in [0.2, 0.25) is 0 Å². The Labute approximate surface area is 48.9 Å². The SMILES string of the molecule is [C-]#[N+]CCCSC. The van der Waals surface area contributed by atoms with Crippen LogP contribution in [0.3, 0.4) is 0 Å². The summed E-state index contributed by atoms with van der Waals surface area (Å²) < 4.78 is 0. The van der Waals surface area contributed by atoms with Crippen molar-refractivity contribution in [1.29, 1.82) is 0 Å². The van der Waals surface area contributed by atoms with Gasteiger partial charge in [-0.25, -0.2) is 6.57 Å². The lowest BCUT2D eigenvalue weighted by atomic mass is 10.5. The van der Waals surface area contributed by atoms with Gasteiger partial charge in [0.25, 0.3) is 0 Å². The molecule has 0 aliphatic carbocycles. The molecule has 0 saturated carbocycles. The highest BCUT2D eigenvalue weighted by Crippen LogP contribution is 1.93. The Kier molecular flexibility index (Phi) is 5.71. The number of hydrogen-bond acceptors (Lipinski definition) is 1. The summed E-state index contributed by atoms with van der Waals surface area (Å²) in [4.78, 5) is 3.21. The summed E-state index contributed by atoms with van der Waals surface area (Å²) >= 11 is 1.80. The van der Waals surface area contributed by atoms with E-state index in [0.29, 0.717) is 6.54 Å². The van der Waals surface area contributed by atoms with Crippen LogP contribution >= 0.6 is 11.8 Å². The first-order chi connectivity index (χ1) is 3.41. The highest BCUT2D eigenvalue weighted by atomic mass is 32.2. The lowest BCUT2D eigenvalue weighted by Gasteiger charge is -1.83. The van der Waals surface area contributed by atoms with E-state index < -0.39 is 0 Å². The first-order valence-electron chi connectivity index (χ1n) is 2.24. The summed E-state index contributed by atoms with van der Waals surface area (Å²) in [6, 6.07) is 0. The molecule has 0 bridgehead atoms. The van der Waals surface area contributed by atoms with Crippen molar-refractivity contribution in [2.24, 2.45) is 0 Å². The number of thioether (sulfide) groups is 1. The highest BCUT2D eigenvalue weighted by molar-refractivity contribution is 7.98. The second-order valence-corrected chi connectivity index (χ2v) is 2.21. The number of rotatable bonds is 3. The van der Waals surface area contributed by atoms with Crippen LogP contribution in [0, 0.1) is 6.57 Å². The topological polar surface area (TPSA) is 4.36 Å². The maximum atomic E-state index is 6.40. The summed E-state index contributed by atoms with van der Waals surface area (Å²) in [5, 5.41) is 0. The molecule has 0 heterocycles. The molecule has 0 rings (SSSR count). The Morgan fingerprint density at radius 1 is 1.71 bits per heavy atom. The minimum atomic E-state index is 0.695. The zero-order valence-corrected chi connectivity index (χ0v) is 5.29. The van der Waals surface area contributed by atoms with Crippen LogP contribution < -0.4 is 0 Å². The zero-order valence-electron chi connectivity index (χ0n) is 4.48. The first kappa shape index (κ1) is 6.84. The second-order valence-electron chi connectivity index (χ2n) is 1.23. The average molecular weight is 115 g/mol. The van der Waals surface area contributed by atoms with Crippen LogP contribution in [0.1, 0.15) is 6.42 Å². The molecule has 0 spiro atoms. The average Bonchev–Trinajstić information content (AvgIpc) is 1.69. The molecule has 0 unspecified atom stereocenters. The van der Waals surface area contributed by atoms with Gasteiger partial charge in [-0.15, -0.1) is 0 Å². The van der Waals surface area contributed by atoms with Crippen molar-refractivity contribution in [3.05, 3.63) is 11.4 Å². The van der Waals surface area contributed by atoms with E-state index in [4.69, 9.17) is 6.57 Å². The van der Waals surface area contributed by atoms with E-state index in [0.717, 1.165) is 12.2 Å². The van der Waals surface area contributed by atoms with Crippen LogP contribution in [0.25, 0.3) is 4.85 Å². The van der Waals surface area contributed by atoms with Gasteiger partial charge in [0.2, 0.25) is 6.54 Å². The standard InChI is InChI=1S/C5H9NS/c1-6-4-3-5-7-2/h3-5H2,2H3. The van der Waals surface area contributed by atoms with Gasteiger partial charge in [0.15, 0.2) is 0 Å².